The molecule has 0 fully saturated rings. The van der Waals surface area contributed by atoms with Crippen molar-refractivity contribution in [2.45, 2.75) is 26.2 Å². The van der Waals surface area contributed by atoms with Crippen LogP contribution in [-0.2, 0) is 6.42 Å². The molecule has 0 saturated heterocycles. The Morgan fingerprint density at radius 1 is 1.11 bits per heavy atom. The smallest absolute Gasteiger partial charge is 0.326 e. The van der Waals surface area contributed by atoms with Crippen LogP contribution in [0.3, 0.4) is 0 Å². The number of likely N-dealkylation sites (N-methyl/N-ethyl adjacent to an activating group) is 1. The largest absolute Gasteiger partial charge is 0.497 e. The molecule has 0 bridgehead atoms. The Morgan fingerprint density at radius 2 is 1.89 bits per heavy atom. The molecule has 1 aliphatic heterocycles. The number of nitrogens with zero attached hydrogens (tertiary/aromatic N) is 4. The Balaban J connectivity index is 1.80. The second-order valence-electron chi connectivity index (χ2n) is 6.84. The number of aliphatic hydroxyl groups is 1. The number of ether oxygens (including phenoxy) is 1. The van der Waals surface area contributed by atoms with Crippen molar-refractivity contribution in [2.75, 3.05) is 38.8 Å². The second kappa shape index (κ2) is 9.46. The number of hydrogen-bond donors (Lipinski definition) is 1. The van der Waals surface area contributed by atoms with Crippen molar-refractivity contribution in [3.8, 4) is 5.75 Å². The average molecular weight is 382 g/mol. The average Bonchev–Trinajstić information content (AvgIpc) is 2.89. The molecule has 1 heterocycles. The lowest BCUT2D eigenvalue weighted by atomic mass is 10.1. The first kappa shape index (κ1) is 20.0. The third-order valence-electron chi connectivity index (χ3n) is 5.13. The maximum Gasteiger partial charge on any atom is 0.326 e. The predicted molar refractivity (Wildman–Crippen MR) is 113 cm³/mol. The summed E-state index contributed by atoms with van der Waals surface area (Å²) in [5.41, 5.74) is 4.34. The molecule has 28 heavy (non-hydrogen) atoms. The summed E-state index contributed by atoms with van der Waals surface area (Å²) in [6.07, 6.45) is 2.92. The van der Waals surface area contributed by atoms with E-state index in [1.807, 2.05) is 37.4 Å². The number of rotatable bonds is 6. The highest BCUT2D eigenvalue weighted by Crippen LogP contribution is 2.28. The van der Waals surface area contributed by atoms with E-state index in [1.165, 1.54) is 5.56 Å². The second-order valence-corrected chi connectivity index (χ2v) is 6.84. The lowest BCUT2D eigenvalue weighted by molar-refractivity contribution is -0.407. The highest BCUT2D eigenvalue weighted by atomic mass is 16.5. The number of methoxy groups -OCH3 is 1. The number of azo groups is 1. The van der Waals surface area contributed by atoms with Gasteiger partial charge in [-0.05, 0) is 67.3 Å². The summed E-state index contributed by atoms with van der Waals surface area (Å²) in [6, 6.07) is 14.2. The molecule has 0 atom stereocenters. The van der Waals surface area contributed by atoms with Crippen LogP contribution < -0.4 is 9.64 Å². The summed E-state index contributed by atoms with van der Waals surface area (Å²) in [7, 11) is 3.74. The summed E-state index contributed by atoms with van der Waals surface area (Å²) in [4.78, 5) is 2.12. The molecule has 148 valence electrons. The van der Waals surface area contributed by atoms with Gasteiger partial charge in [-0.1, -0.05) is 0 Å². The first-order chi connectivity index (χ1) is 13.7. The number of hydrogen-bond acceptors (Lipinski definition) is 5. The normalized spacial score (nSPS) is 14.1. The first-order valence-electron chi connectivity index (χ1n) is 9.80. The molecular formula is C22H29N4O2+. The molecule has 0 saturated carbocycles. The molecular weight excluding hydrogens is 352 g/mol. The standard InChI is InChI=1S/C22H29N4O2/c1-4-26(14-15-27)19-10-8-18(9-11-19)23-24-22-7-5-6-17-16-20(28-3)12-13-21(17)25(22)2/h8-13,16,27H,4-7,14-15H2,1-3H3/q+1. The number of amidine groups is 1. The number of aliphatic hydroxyl groups excluding tert-OH is 1. The lowest BCUT2D eigenvalue weighted by Crippen LogP contribution is -2.25. The predicted octanol–water partition coefficient (Wildman–Crippen LogP) is 4.31. The molecule has 6 heteroatoms. The summed E-state index contributed by atoms with van der Waals surface area (Å²) in [5, 5.41) is 18.2. The van der Waals surface area contributed by atoms with Crippen LogP contribution in [-0.4, -0.2) is 49.4 Å². The van der Waals surface area contributed by atoms with Gasteiger partial charge in [-0.15, -0.1) is 0 Å². The first-order valence-corrected chi connectivity index (χ1v) is 9.80. The Labute approximate surface area is 166 Å². The minimum absolute atomic E-state index is 0.146. The van der Waals surface area contributed by atoms with E-state index in [9.17, 15) is 0 Å². The molecule has 0 aliphatic carbocycles. The van der Waals surface area contributed by atoms with E-state index < -0.39 is 0 Å². The van der Waals surface area contributed by atoms with Crippen molar-refractivity contribution < 1.29 is 14.4 Å². The van der Waals surface area contributed by atoms with Gasteiger partial charge in [-0.2, -0.15) is 0 Å². The molecule has 1 N–H and O–H groups in total. The molecule has 0 unspecified atom stereocenters. The highest BCUT2D eigenvalue weighted by molar-refractivity contribution is 5.79. The van der Waals surface area contributed by atoms with Crippen LogP contribution >= 0.6 is 0 Å². The van der Waals surface area contributed by atoms with E-state index in [2.05, 4.69) is 38.8 Å². The van der Waals surface area contributed by atoms with E-state index in [4.69, 9.17) is 9.84 Å². The molecule has 3 rings (SSSR count). The van der Waals surface area contributed by atoms with E-state index >= 15 is 0 Å². The topological polar surface area (TPSA) is 60.4 Å². The minimum Gasteiger partial charge on any atom is -0.497 e. The maximum absolute atomic E-state index is 9.17. The number of anilines is 1. The Kier molecular flexibility index (Phi) is 6.76. The third-order valence-corrected chi connectivity index (χ3v) is 5.13. The summed E-state index contributed by atoms with van der Waals surface area (Å²) >= 11 is 0. The molecule has 0 spiro atoms. The van der Waals surface area contributed by atoms with E-state index in [0.717, 1.165) is 54.5 Å². The summed E-state index contributed by atoms with van der Waals surface area (Å²) in [6.45, 7) is 3.71. The van der Waals surface area contributed by atoms with Crippen LogP contribution in [0.4, 0.5) is 17.1 Å². The van der Waals surface area contributed by atoms with Gasteiger partial charge in [0, 0.05) is 24.3 Å². The number of aryl methyl sites for hydroxylation is 1. The number of fused-ring (bicyclic) bond motifs is 1. The van der Waals surface area contributed by atoms with Gasteiger partial charge >= 0.3 is 5.84 Å². The van der Waals surface area contributed by atoms with E-state index in [-0.39, 0.29) is 6.61 Å². The van der Waals surface area contributed by atoms with Crippen LogP contribution in [0, 0.1) is 0 Å². The molecule has 1 aliphatic rings. The van der Waals surface area contributed by atoms with Crippen LogP contribution in [0.2, 0.25) is 0 Å². The molecule has 0 amide bonds. The van der Waals surface area contributed by atoms with Crippen LogP contribution in [0.1, 0.15) is 25.3 Å². The zero-order chi connectivity index (χ0) is 19.9. The van der Waals surface area contributed by atoms with Crippen LogP contribution in [0.25, 0.3) is 0 Å². The third kappa shape index (κ3) is 4.57. The molecule has 0 radical (unpaired) electrons. The van der Waals surface area contributed by atoms with Gasteiger partial charge in [0.2, 0.25) is 0 Å². The Hall–Kier alpha value is -2.73. The zero-order valence-corrected chi connectivity index (χ0v) is 16.9. The Morgan fingerprint density at radius 3 is 2.57 bits per heavy atom. The molecule has 0 aromatic heterocycles. The van der Waals surface area contributed by atoms with Gasteiger partial charge in [0.1, 0.15) is 17.1 Å². The van der Waals surface area contributed by atoms with Gasteiger partial charge in [-0.25, -0.2) is 4.58 Å². The lowest BCUT2D eigenvalue weighted by Gasteiger charge is -2.21. The van der Waals surface area contributed by atoms with Gasteiger partial charge < -0.3 is 14.7 Å². The van der Waals surface area contributed by atoms with Crippen molar-refractivity contribution in [3.05, 3.63) is 48.0 Å². The number of benzene rings is 2. The fraction of sp³-hybridized carbons (Fsp3) is 0.409. The molecule has 2 aromatic carbocycles. The van der Waals surface area contributed by atoms with Crippen molar-refractivity contribution in [2.24, 2.45) is 10.2 Å². The molecule has 6 nitrogen and oxygen atoms in total. The van der Waals surface area contributed by atoms with Crippen molar-refractivity contribution in [1.82, 2.24) is 0 Å². The van der Waals surface area contributed by atoms with Crippen LogP contribution in [0.5, 0.6) is 5.75 Å². The quantitative estimate of drug-likeness (QED) is 0.599. The van der Waals surface area contributed by atoms with Gasteiger partial charge in [-0.3, -0.25) is 0 Å². The molecule has 2 aromatic rings. The SMILES string of the molecule is CCN(CCO)c1ccc(N=NC2=[N+](C)c3ccc(OC)cc3CCC2)cc1. The van der Waals surface area contributed by atoms with Crippen molar-refractivity contribution in [3.63, 3.8) is 0 Å². The van der Waals surface area contributed by atoms with Crippen LogP contribution in [0.15, 0.2) is 52.7 Å². The van der Waals surface area contributed by atoms with Crippen molar-refractivity contribution >= 4 is 22.9 Å². The maximum atomic E-state index is 9.17. The highest BCUT2D eigenvalue weighted by Gasteiger charge is 2.21. The summed E-state index contributed by atoms with van der Waals surface area (Å²) < 4.78 is 7.48. The van der Waals surface area contributed by atoms with Crippen molar-refractivity contribution in [1.29, 1.82) is 0 Å². The van der Waals surface area contributed by atoms with E-state index in [1.54, 1.807) is 7.11 Å². The zero-order valence-electron chi connectivity index (χ0n) is 16.9. The van der Waals surface area contributed by atoms with E-state index in [0.29, 0.717) is 6.54 Å². The monoisotopic (exact) mass is 381 g/mol. The fourth-order valence-electron chi connectivity index (χ4n) is 3.51. The minimum atomic E-state index is 0.146. The van der Waals surface area contributed by atoms with Gasteiger partial charge in [0.05, 0.1) is 32.3 Å². The van der Waals surface area contributed by atoms with Gasteiger partial charge in [0.25, 0.3) is 0 Å². The Bertz CT molecular complexity index is 859. The summed E-state index contributed by atoms with van der Waals surface area (Å²) in [5.74, 6) is 1.85. The fourth-order valence-corrected chi connectivity index (χ4v) is 3.51. The van der Waals surface area contributed by atoms with Gasteiger partial charge in [0.15, 0.2) is 0 Å².